The monoisotopic (exact) mass is 328 g/mol. The third kappa shape index (κ3) is 3.13. The zero-order valence-electron chi connectivity index (χ0n) is 9.98. The predicted molar refractivity (Wildman–Crippen MR) is 75.7 cm³/mol. The van der Waals surface area contributed by atoms with Gasteiger partial charge in [-0.3, -0.25) is 4.68 Å². The van der Waals surface area contributed by atoms with E-state index in [-0.39, 0.29) is 0 Å². The molecule has 0 radical (unpaired) electrons. The van der Waals surface area contributed by atoms with Crippen molar-refractivity contribution in [2.45, 2.75) is 26.0 Å². The molecule has 1 unspecified atom stereocenters. The predicted octanol–water partition coefficient (Wildman–Crippen LogP) is 3.60. The van der Waals surface area contributed by atoms with Crippen molar-refractivity contribution in [3.63, 3.8) is 0 Å². The van der Waals surface area contributed by atoms with Gasteiger partial charge < -0.3 is 5.11 Å². The van der Waals surface area contributed by atoms with Crippen molar-refractivity contribution in [2.24, 2.45) is 0 Å². The highest BCUT2D eigenvalue weighted by atomic mass is 79.9. The highest BCUT2D eigenvalue weighted by Gasteiger charge is 2.12. The molecule has 0 spiro atoms. The van der Waals surface area contributed by atoms with Crippen molar-refractivity contribution in [1.29, 1.82) is 0 Å². The number of aryl methyl sites for hydroxylation is 1. The summed E-state index contributed by atoms with van der Waals surface area (Å²) in [4.78, 5) is 0. The number of halogens is 2. The summed E-state index contributed by atoms with van der Waals surface area (Å²) in [6, 6.07) is 5.67. The lowest BCUT2D eigenvalue weighted by atomic mass is 10.0. The quantitative estimate of drug-likeness (QED) is 0.931. The van der Waals surface area contributed by atoms with E-state index in [9.17, 15) is 5.11 Å². The summed E-state index contributed by atoms with van der Waals surface area (Å²) in [6.45, 7) is 2.81. The van der Waals surface area contributed by atoms with Crippen LogP contribution in [0.3, 0.4) is 0 Å². The van der Waals surface area contributed by atoms with E-state index in [0.29, 0.717) is 11.4 Å². The van der Waals surface area contributed by atoms with Crippen molar-refractivity contribution in [1.82, 2.24) is 9.78 Å². The van der Waals surface area contributed by atoms with Crippen LogP contribution >= 0.6 is 27.5 Å². The lowest BCUT2D eigenvalue weighted by molar-refractivity contribution is 0.178. The summed E-state index contributed by atoms with van der Waals surface area (Å²) in [5.41, 5.74) is 1.74. The first kappa shape index (κ1) is 13.6. The normalized spacial score (nSPS) is 12.7. The SMILES string of the molecule is CCn1cc(C(O)Cc2ccc(Br)cc2Cl)cn1. The van der Waals surface area contributed by atoms with Crippen LogP contribution in [0.4, 0.5) is 0 Å². The molecule has 18 heavy (non-hydrogen) atoms. The summed E-state index contributed by atoms with van der Waals surface area (Å²) in [7, 11) is 0. The third-order valence-corrected chi connectivity index (χ3v) is 3.64. The summed E-state index contributed by atoms with van der Waals surface area (Å²) >= 11 is 9.49. The van der Waals surface area contributed by atoms with E-state index < -0.39 is 6.10 Å². The molecule has 0 saturated heterocycles. The van der Waals surface area contributed by atoms with Gasteiger partial charge in [-0.2, -0.15) is 5.10 Å². The van der Waals surface area contributed by atoms with Crippen molar-refractivity contribution >= 4 is 27.5 Å². The Kier molecular flexibility index (Phi) is 4.43. The summed E-state index contributed by atoms with van der Waals surface area (Å²) in [5.74, 6) is 0. The van der Waals surface area contributed by atoms with Crippen molar-refractivity contribution < 1.29 is 5.11 Å². The zero-order valence-corrected chi connectivity index (χ0v) is 12.3. The van der Waals surface area contributed by atoms with Crippen LogP contribution < -0.4 is 0 Å². The van der Waals surface area contributed by atoms with Crippen LogP contribution in [0.15, 0.2) is 35.1 Å². The van der Waals surface area contributed by atoms with Crippen molar-refractivity contribution in [2.75, 3.05) is 0 Å². The molecule has 0 aliphatic heterocycles. The molecule has 1 N–H and O–H groups in total. The third-order valence-electron chi connectivity index (χ3n) is 2.79. The van der Waals surface area contributed by atoms with Gasteiger partial charge >= 0.3 is 0 Å². The van der Waals surface area contributed by atoms with Gasteiger partial charge in [-0.1, -0.05) is 33.6 Å². The molecule has 96 valence electrons. The molecule has 0 amide bonds. The summed E-state index contributed by atoms with van der Waals surface area (Å²) in [5, 5.41) is 15.0. The minimum Gasteiger partial charge on any atom is -0.388 e. The van der Waals surface area contributed by atoms with E-state index in [1.807, 2.05) is 31.3 Å². The Morgan fingerprint density at radius 3 is 2.89 bits per heavy atom. The second-order valence-corrected chi connectivity index (χ2v) is 5.41. The summed E-state index contributed by atoms with van der Waals surface area (Å²) < 4.78 is 2.73. The van der Waals surface area contributed by atoms with E-state index in [0.717, 1.165) is 22.1 Å². The number of nitrogens with zero attached hydrogens (tertiary/aromatic N) is 2. The Balaban J connectivity index is 2.13. The Morgan fingerprint density at radius 1 is 1.50 bits per heavy atom. The van der Waals surface area contributed by atoms with Crippen LogP contribution in [-0.2, 0) is 13.0 Å². The smallest absolute Gasteiger partial charge is 0.0861 e. The maximum absolute atomic E-state index is 10.2. The van der Waals surface area contributed by atoms with Crippen LogP contribution in [0.25, 0.3) is 0 Å². The average molecular weight is 330 g/mol. The number of hydrogen-bond acceptors (Lipinski definition) is 2. The van der Waals surface area contributed by atoms with Gasteiger partial charge in [0.2, 0.25) is 0 Å². The molecule has 1 aromatic heterocycles. The maximum atomic E-state index is 10.2. The van der Waals surface area contributed by atoms with Gasteiger partial charge in [0.25, 0.3) is 0 Å². The van der Waals surface area contributed by atoms with Crippen LogP contribution in [0.1, 0.15) is 24.2 Å². The van der Waals surface area contributed by atoms with E-state index in [1.165, 1.54) is 0 Å². The number of hydrogen-bond donors (Lipinski definition) is 1. The van der Waals surface area contributed by atoms with Gasteiger partial charge in [0.15, 0.2) is 0 Å². The molecule has 1 aromatic carbocycles. The number of aliphatic hydroxyl groups is 1. The van der Waals surface area contributed by atoms with E-state index in [4.69, 9.17) is 11.6 Å². The second kappa shape index (κ2) is 5.87. The molecule has 1 atom stereocenters. The fourth-order valence-electron chi connectivity index (χ4n) is 1.74. The number of rotatable bonds is 4. The van der Waals surface area contributed by atoms with E-state index >= 15 is 0 Å². The standard InChI is InChI=1S/C13H14BrClN2O/c1-2-17-8-10(7-16-17)13(18)5-9-3-4-11(14)6-12(9)15/h3-4,6-8,13,18H,2,5H2,1H3. The molecule has 0 aliphatic rings. The highest BCUT2D eigenvalue weighted by Crippen LogP contribution is 2.26. The Morgan fingerprint density at radius 2 is 2.28 bits per heavy atom. The highest BCUT2D eigenvalue weighted by molar-refractivity contribution is 9.10. The van der Waals surface area contributed by atoms with E-state index in [2.05, 4.69) is 21.0 Å². The van der Waals surface area contributed by atoms with Gasteiger partial charge in [0, 0.05) is 34.2 Å². The van der Waals surface area contributed by atoms with Gasteiger partial charge in [0.05, 0.1) is 12.3 Å². The summed E-state index contributed by atoms with van der Waals surface area (Å²) in [6.07, 6.45) is 3.46. The molecule has 5 heteroatoms. The van der Waals surface area contributed by atoms with Crippen LogP contribution in [0.5, 0.6) is 0 Å². The average Bonchev–Trinajstić information content (AvgIpc) is 2.81. The molecular formula is C13H14BrClN2O. The lowest BCUT2D eigenvalue weighted by Gasteiger charge is -2.10. The van der Waals surface area contributed by atoms with Gasteiger partial charge in [-0.25, -0.2) is 0 Å². The molecule has 2 rings (SSSR count). The topological polar surface area (TPSA) is 38.0 Å². The molecular weight excluding hydrogens is 316 g/mol. The second-order valence-electron chi connectivity index (χ2n) is 4.09. The minimum atomic E-state index is -0.580. The molecule has 3 nitrogen and oxygen atoms in total. The molecule has 2 aromatic rings. The number of benzene rings is 1. The fraction of sp³-hybridized carbons (Fsp3) is 0.308. The Bertz CT molecular complexity index is 542. The lowest BCUT2D eigenvalue weighted by Crippen LogP contribution is -2.01. The van der Waals surface area contributed by atoms with E-state index in [1.54, 1.807) is 10.9 Å². The molecule has 0 aliphatic carbocycles. The number of aliphatic hydroxyl groups excluding tert-OH is 1. The maximum Gasteiger partial charge on any atom is 0.0861 e. The molecule has 0 bridgehead atoms. The van der Waals surface area contributed by atoms with Crippen molar-refractivity contribution in [3.05, 3.63) is 51.2 Å². The van der Waals surface area contributed by atoms with Gasteiger partial charge in [-0.05, 0) is 24.6 Å². The van der Waals surface area contributed by atoms with Crippen LogP contribution in [0, 0.1) is 0 Å². The van der Waals surface area contributed by atoms with Crippen LogP contribution in [-0.4, -0.2) is 14.9 Å². The molecule has 0 fully saturated rings. The zero-order chi connectivity index (χ0) is 13.1. The molecule has 0 saturated carbocycles. The Labute approximate surface area is 120 Å². The van der Waals surface area contributed by atoms with Crippen molar-refractivity contribution in [3.8, 4) is 0 Å². The first-order valence-corrected chi connectivity index (χ1v) is 6.91. The largest absolute Gasteiger partial charge is 0.388 e. The Hall–Kier alpha value is -0.840. The molecule has 1 heterocycles. The van der Waals surface area contributed by atoms with Crippen LogP contribution in [0.2, 0.25) is 5.02 Å². The first-order valence-electron chi connectivity index (χ1n) is 5.74. The van der Waals surface area contributed by atoms with Gasteiger partial charge in [0.1, 0.15) is 0 Å². The minimum absolute atomic E-state index is 0.488. The number of aromatic nitrogens is 2. The van der Waals surface area contributed by atoms with Gasteiger partial charge in [-0.15, -0.1) is 0 Å². The first-order chi connectivity index (χ1) is 8.60. The fourth-order valence-corrected chi connectivity index (χ4v) is 2.49.